The van der Waals surface area contributed by atoms with Gasteiger partial charge in [0.05, 0.1) is 5.69 Å². The van der Waals surface area contributed by atoms with Gasteiger partial charge in [0, 0.05) is 11.8 Å². The van der Waals surface area contributed by atoms with Crippen LogP contribution in [0.3, 0.4) is 0 Å². The topological polar surface area (TPSA) is 96.7 Å². The van der Waals surface area contributed by atoms with Gasteiger partial charge in [-0.1, -0.05) is 36.4 Å². The minimum atomic E-state index is -0.366. The molecule has 1 heterocycles. The first-order chi connectivity index (χ1) is 11.7. The van der Waals surface area contributed by atoms with E-state index in [4.69, 9.17) is 5.73 Å². The van der Waals surface area contributed by atoms with E-state index in [1.165, 1.54) is 0 Å². The molecule has 6 nitrogen and oxygen atoms in total. The predicted octanol–water partition coefficient (Wildman–Crippen LogP) is -0.162. The molecule has 0 fully saturated rings. The van der Waals surface area contributed by atoms with Gasteiger partial charge in [-0.3, -0.25) is 5.32 Å². The number of nitrogens with two attached hydrogens (primary N) is 2. The van der Waals surface area contributed by atoms with Gasteiger partial charge >= 0.3 is 6.03 Å². The van der Waals surface area contributed by atoms with E-state index in [1.54, 1.807) is 18.2 Å². The number of pyridine rings is 1. The fourth-order valence-corrected chi connectivity index (χ4v) is 2.20. The number of para-hydroxylation sites is 2. The summed E-state index contributed by atoms with van der Waals surface area (Å²) in [5.41, 5.74) is 8.15. The minimum Gasteiger partial charge on any atom is -1.00 e. The average molecular weight is 356 g/mol. The number of urea groups is 1. The van der Waals surface area contributed by atoms with Crippen LogP contribution in [0, 0.1) is 0 Å². The molecule has 0 aliphatic rings. The monoisotopic (exact) mass is 355 g/mol. The summed E-state index contributed by atoms with van der Waals surface area (Å²) in [5, 5.41) is 7.35. The van der Waals surface area contributed by atoms with Crippen LogP contribution in [0.4, 0.5) is 33.5 Å². The Morgan fingerprint density at radius 2 is 1.52 bits per heavy atom. The number of anilines is 3. The van der Waals surface area contributed by atoms with Crippen LogP contribution in [0.1, 0.15) is 0 Å². The van der Waals surface area contributed by atoms with Crippen LogP contribution in [-0.4, -0.2) is 11.0 Å². The highest BCUT2D eigenvalue weighted by Gasteiger charge is 2.09. The Morgan fingerprint density at radius 3 is 2.16 bits per heavy atom. The van der Waals surface area contributed by atoms with Gasteiger partial charge in [-0.15, -0.1) is 0 Å². The largest absolute Gasteiger partial charge is 1.00 e. The second-order valence-electron chi connectivity index (χ2n) is 5.17. The van der Waals surface area contributed by atoms with Crippen molar-refractivity contribution in [1.82, 2.24) is 4.98 Å². The van der Waals surface area contributed by atoms with Crippen LogP contribution in [0.5, 0.6) is 0 Å². The molecule has 128 valence electrons. The summed E-state index contributed by atoms with van der Waals surface area (Å²) < 4.78 is 0. The van der Waals surface area contributed by atoms with E-state index in [2.05, 4.69) is 15.6 Å². The van der Waals surface area contributed by atoms with Crippen molar-refractivity contribution in [3.05, 3.63) is 72.8 Å². The molecule has 3 rings (SSSR count). The number of carbonyl (C=O) groups is 1. The Balaban J connectivity index is 0.00000225. The number of aromatic nitrogens is 1. The van der Waals surface area contributed by atoms with E-state index < -0.39 is 0 Å². The summed E-state index contributed by atoms with van der Waals surface area (Å²) in [6.45, 7) is 0. The maximum atomic E-state index is 12.0. The molecule has 1 aromatic heterocycles. The summed E-state index contributed by atoms with van der Waals surface area (Å²) in [5.74, 6) is 0.996. The van der Waals surface area contributed by atoms with E-state index in [-0.39, 0.29) is 24.3 Å². The van der Waals surface area contributed by atoms with Gasteiger partial charge in [-0.05, 0) is 30.3 Å². The van der Waals surface area contributed by atoms with Gasteiger partial charge in [-0.2, -0.15) is 4.98 Å². The lowest BCUT2D eigenvalue weighted by molar-refractivity contribution is -0.482. The zero-order valence-corrected chi connectivity index (χ0v) is 14.1. The van der Waals surface area contributed by atoms with Gasteiger partial charge in [0.25, 0.3) is 0 Å². The third kappa shape index (κ3) is 5.20. The molecular weight excluding hydrogens is 338 g/mol. The van der Waals surface area contributed by atoms with E-state index >= 15 is 0 Å². The molecule has 2 aromatic carbocycles. The maximum absolute atomic E-state index is 12.0. The van der Waals surface area contributed by atoms with Crippen molar-refractivity contribution in [2.45, 2.75) is 0 Å². The molecule has 0 atom stereocenters. The molecule has 0 radical (unpaired) electrons. The molecule has 2 amide bonds. The number of nitrogen functional groups attached to an aromatic ring is 1. The van der Waals surface area contributed by atoms with Crippen LogP contribution in [0.25, 0.3) is 0 Å². The Labute approximate surface area is 151 Å². The first kappa shape index (κ1) is 18.3. The number of quaternary nitrogens is 1. The molecule has 6 N–H and O–H groups in total. The summed E-state index contributed by atoms with van der Waals surface area (Å²) in [7, 11) is 0. The molecule has 0 saturated heterocycles. The number of nitrogens with one attached hydrogen (secondary N) is 2. The number of hydrogen-bond donors (Lipinski definition) is 4. The van der Waals surface area contributed by atoms with Crippen molar-refractivity contribution in [3.8, 4) is 0 Å². The highest BCUT2D eigenvalue weighted by Crippen LogP contribution is 2.17. The molecule has 0 unspecified atom stereocenters. The molecule has 0 aliphatic carbocycles. The Morgan fingerprint density at radius 1 is 0.880 bits per heavy atom. The maximum Gasteiger partial charge on any atom is 0.323 e. The lowest BCUT2D eigenvalue weighted by atomic mass is 10.3. The molecule has 0 spiro atoms. The Kier molecular flexibility index (Phi) is 6.33. The summed E-state index contributed by atoms with van der Waals surface area (Å²) >= 11 is 0. The zero-order valence-electron chi connectivity index (χ0n) is 13.3. The van der Waals surface area contributed by atoms with Gasteiger partial charge in [-0.25, -0.2) is 4.79 Å². The molecule has 25 heavy (non-hydrogen) atoms. The molecule has 3 aromatic rings. The van der Waals surface area contributed by atoms with E-state index in [0.717, 1.165) is 11.5 Å². The van der Waals surface area contributed by atoms with Crippen molar-refractivity contribution in [2.24, 2.45) is 0 Å². The van der Waals surface area contributed by atoms with E-state index in [1.807, 2.05) is 59.9 Å². The Hall–Kier alpha value is -3.09. The van der Waals surface area contributed by atoms with Crippen molar-refractivity contribution < 1.29 is 22.5 Å². The lowest BCUT2D eigenvalue weighted by Gasteiger charge is -2.09. The fourth-order valence-electron chi connectivity index (χ4n) is 2.20. The number of halogens is 1. The number of nitrogens with zero attached hydrogens (tertiary/aromatic N) is 1. The number of amides is 2. The number of rotatable bonds is 4. The number of hydrogen-bond acceptors (Lipinski definition) is 3. The second kappa shape index (κ2) is 8.68. The van der Waals surface area contributed by atoms with Crippen molar-refractivity contribution >= 4 is 34.7 Å². The van der Waals surface area contributed by atoms with Crippen LogP contribution >= 0.6 is 0 Å². The van der Waals surface area contributed by atoms with Gasteiger partial charge in [0.15, 0.2) is 5.82 Å². The second-order valence-corrected chi connectivity index (χ2v) is 5.17. The average Bonchev–Trinajstić information content (AvgIpc) is 2.59. The van der Waals surface area contributed by atoms with E-state index in [0.29, 0.717) is 11.4 Å². The molecular formula is C18H18ClN5O. The fraction of sp³-hybridized carbons (Fsp3) is 0. The third-order valence-corrected chi connectivity index (χ3v) is 3.34. The third-order valence-electron chi connectivity index (χ3n) is 3.34. The molecule has 0 aliphatic heterocycles. The predicted molar refractivity (Wildman–Crippen MR) is 95.4 cm³/mol. The van der Waals surface area contributed by atoms with Crippen molar-refractivity contribution in [3.63, 3.8) is 0 Å². The molecule has 7 heteroatoms. The molecule has 0 saturated carbocycles. The SMILES string of the molecule is Nc1nc([NH2+]c2ccccc2)ccc1NC(=O)Nc1ccccc1.[Cl-]. The highest BCUT2D eigenvalue weighted by atomic mass is 35.5. The summed E-state index contributed by atoms with van der Waals surface area (Å²) in [6.07, 6.45) is 0. The van der Waals surface area contributed by atoms with Crippen LogP contribution in [0.15, 0.2) is 72.8 Å². The lowest BCUT2D eigenvalue weighted by Crippen LogP contribution is -3.00. The normalized spacial score (nSPS) is 9.76. The van der Waals surface area contributed by atoms with Crippen LogP contribution in [-0.2, 0) is 0 Å². The Bertz CT molecular complexity index is 827. The molecule has 0 bridgehead atoms. The summed E-state index contributed by atoms with van der Waals surface area (Å²) in [6, 6.07) is 22.2. The first-order valence-electron chi connectivity index (χ1n) is 7.50. The number of carbonyl (C=O) groups excluding carboxylic acids is 1. The first-order valence-corrected chi connectivity index (χ1v) is 7.50. The van der Waals surface area contributed by atoms with Gasteiger partial charge in [0.2, 0.25) is 5.82 Å². The van der Waals surface area contributed by atoms with E-state index in [9.17, 15) is 4.79 Å². The van der Waals surface area contributed by atoms with Gasteiger partial charge < -0.3 is 28.8 Å². The van der Waals surface area contributed by atoms with Gasteiger partial charge in [0.1, 0.15) is 5.69 Å². The van der Waals surface area contributed by atoms with Crippen molar-refractivity contribution in [2.75, 3.05) is 16.4 Å². The van der Waals surface area contributed by atoms with Crippen molar-refractivity contribution in [1.29, 1.82) is 0 Å². The standard InChI is InChI=1S/C18H17N5O.ClH/c19-17-15(22-18(24)21-14-9-5-2-6-10-14)11-12-16(23-17)20-13-7-3-1-4-8-13;/h1-12H,(H3,19,20,23)(H2,21,22,24);1H. The smallest absolute Gasteiger partial charge is 0.323 e. The number of benzene rings is 2. The zero-order chi connectivity index (χ0) is 16.8. The summed E-state index contributed by atoms with van der Waals surface area (Å²) in [4.78, 5) is 16.3. The minimum absolute atomic E-state index is 0. The van der Waals surface area contributed by atoms with Crippen LogP contribution < -0.4 is 34.1 Å². The van der Waals surface area contributed by atoms with Crippen LogP contribution in [0.2, 0.25) is 0 Å². The quantitative estimate of drug-likeness (QED) is 0.490. The highest BCUT2D eigenvalue weighted by molar-refractivity contribution is 6.01.